The number of carboxylic acid groups (broad SMARTS) is 1. The summed E-state index contributed by atoms with van der Waals surface area (Å²) >= 11 is 4.11. The van der Waals surface area contributed by atoms with Crippen LogP contribution in [0.4, 0.5) is 4.79 Å². The van der Waals surface area contributed by atoms with E-state index in [9.17, 15) is 4.79 Å². The minimum Gasteiger partial charge on any atom is -0.465 e. The summed E-state index contributed by atoms with van der Waals surface area (Å²) in [6.45, 7) is -0.0136. The predicted molar refractivity (Wildman–Crippen MR) is 44.3 cm³/mol. The second-order valence-electron chi connectivity index (χ2n) is 2.75. The van der Waals surface area contributed by atoms with Gasteiger partial charge < -0.3 is 14.9 Å². The molecule has 0 saturated carbocycles. The van der Waals surface area contributed by atoms with Crippen LogP contribution in [0.15, 0.2) is 0 Å². The minimum absolute atomic E-state index is 0.0241. The van der Waals surface area contributed by atoms with E-state index in [0.717, 1.165) is 0 Å². The Balaban J connectivity index is 2.58. The summed E-state index contributed by atoms with van der Waals surface area (Å²) in [4.78, 5) is 10.3. The third-order valence-corrected chi connectivity index (χ3v) is 2.04. The standard InChI is InChI=1S/C6H11NO4S/c8-3-6(7-5(9)10)1-4(12)2-11-6/h4,7-8,12H,1-3H2,(H,9,10)/t4-,6-/m0/s1. The summed E-state index contributed by atoms with van der Waals surface area (Å²) in [7, 11) is 0. The maximum Gasteiger partial charge on any atom is 0.406 e. The quantitative estimate of drug-likeness (QED) is 0.452. The smallest absolute Gasteiger partial charge is 0.406 e. The zero-order valence-corrected chi connectivity index (χ0v) is 7.25. The van der Waals surface area contributed by atoms with Crippen molar-refractivity contribution in [1.82, 2.24) is 5.32 Å². The molecule has 0 unspecified atom stereocenters. The number of amides is 1. The number of hydrogen-bond acceptors (Lipinski definition) is 4. The van der Waals surface area contributed by atoms with Crippen molar-refractivity contribution in [3.63, 3.8) is 0 Å². The van der Waals surface area contributed by atoms with E-state index in [1.165, 1.54) is 0 Å². The third-order valence-electron chi connectivity index (χ3n) is 1.71. The Morgan fingerprint density at radius 3 is 2.83 bits per heavy atom. The van der Waals surface area contributed by atoms with Crippen molar-refractivity contribution in [2.45, 2.75) is 17.4 Å². The summed E-state index contributed by atoms with van der Waals surface area (Å²) < 4.78 is 5.09. The first-order valence-electron chi connectivity index (χ1n) is 3.52. The van der Waals surface area contributed by atoms with Crippen LogP contribution in [0.3, 0.4) is 0 Å². The van der Waals surface area contributed by atoms with Crippen molar-refractivity contribution < 1.29 is 19.7 Å². The van der Waals surface area contributed by atoms with Gasteiger partial charge in [0.05, 0.1) is 13.2 Å². The fraction of sp³-hybridized carbons (Fsp3) is 0.833. The van der Waals surface area contributed by atoms with Crippen LogP contribution >= 0.6 is 12.6 Å². The van der Waals surface area contributed by atoms with Gasteiger partial charge in [0.25, 0.3) is 0 Å². The molecular weight excluding hydrogens is 182 g/mol. The Bertz CT molecular complexity index is 188. The van der Waals surface area contributed by atoms with Crippen LogP contribution in [-0.2, 0) is 4.74 Å². The van der Waals surface area contributed by atoms with Crippen molar-refractivity contribution in [3.8, 4) is 0 Å². The topological polar surface area (TPSA) is 78.8 Å². The molecule has 0 aromatic rings. The summed E-state index contributed by atoms with van der Waals surface area (Å²) in [5, 5.41) is 19.4. The number of nitrogens with one attached hydrogen (secondary N) is 1. The van der Waals surface area contributed by atoms with Crippen LogP contribution in [0.5, 0.6) is 0 Å². The zero-order valence-electron chi connectivity index (χ0n) is 6.36. The van der Waals surface area contributed by atoms with Crippen LogP contribution in [0.2, 0.25) is 0 Å². The second-order valence-corrected chi connectivity index (χ2v) is 3.48. The maximum absolute atomic E-state index is 10.3. The summed E-state index contributed by atoms with van der Waals surface area (Å²) in [6, 6.07) is 0. The molecule has 1 rings (SSSR count). The first-order chi connectivity index (χ1) is 5.58. The van der Waals surface area contributed by atoms with E-state index in [0.29, 0.717) is 13.0 Å². The van der Waals surface area contributed by atoms with Gasteiger partial charge in [0, 0.05) is 11.7 Å². The van der Waals surface area contributed by atoms with Gasteiger partial charge in [-0.3, -0.25) is 5.32 Å². The SMILES string of the molecule is O=C(O)N[C@@]1(CO)C[C@H](S)CO1. The van der Waals surface area contributed by atoms with Crippen molar-refractivity contribution in [3.05, 3.63) is 0 Å². The normalized spacial score (nSPS) is 35.0. The Labute approximate surface area is 75.1 Å². The fourth-order valence-electron chi connectivity index (χ4n) is 1.19. The van der Waals surface area contributed by atoms with Crippen LogP contribution < -0.4 is 5.32 Å². The maximum atomic E-state index is 10.3. The third kappa shape index (κ3) is 2.02. The monoisotopic (exact) mass is 193 g/mol. The Morgan fingerprint density at radius 1 is 1.83 bits per heavy atom. The van der Waals surface area contributed by atoms with E-state index < -0.39 is 11.8 Å². The Morgan fingerprint density at radius 2 is 2.50 bits per heavy atom. The summed E-state index contributed by atoms with van der Waals surface area (Å²) in [6.07, 6.45) is -0.815. The van der Waals surface area contributed by atoms with Gasteiger partial charge in [-0.05, 0) is 0 Å². The second kappa shape index (κ2) is 3.51. The van der Waals surface area contributed by atoms with Crippen LogP contribution in [0, 0.1) is 0 Å². The van der Waals surface area contributed by atoms with E-state index in [1.807, 2.05) is 0 Å². The van der Waals surface area contributed by atoms with Gasteiger partial charge in [0.2, 0.25) is 0 Å². The average Bonchev–Trinajstić information content (AvgIpc) is 2.32. The highest BCUT2D eigenvalue weighted by molar-refractivity contribution is 7.81. The highest BCUT2D eigenvalue weighted by atomic mass is 32.1. The lowest BCUT2D eigenvalue weighted by atomic mass is 10.1. The Hall–Kier alpha value is -0.460. The van der Waals surface area contributed by atoms with E-state index in [2.05, 4.69) is 17.9 Å². The van der Waals surface area contributed by atoms with E-state index in [4.69, 9.17) is 14.9 Å². The number of hydrogen-bond donors (Lipinski definition) is 4. The largest absolute Gasteiger partial charge is 0.465 e. The minimum atomic E-state index is -1.20. The van der Waals surface area contributed by atoms with Gasteiger partial charge in [-0.2, -0.15) is 12.6 Å². The molecule has 0 spiro atoms. The molecule has 3 N–H and O–H groups in total. The molecule has 1 aliphatic heterocycles. The van der Waals surface area contributed by atoms with Gasteiger partial charge >= 0.3 is 6.09 Å². The molecule has 1 aliphatic rings. The molecule has 2 atom stereocenters. The van der Waals surface area contributed by atoms with E-state index in [-0.39, 0.29) is 11.9 Å². The van der Waals surface area contributed by atoms with Crippen molar-refractivity contribution in [1.29, 1.82) is 0 Å². The first-order valence-corrected chi connectivity index (χ1v) is 4.03. The highest BCUT2D eigenvalue weighted by Crippen LogP contribution is 2.25. The molecule has 5 nitrogen and oxygen atoms in total. The van der Waals surface area contributed by atoms with Crippen molar-refractivity contribution in [2.24, 2.45) is 0 Å². The molecule has 0 aliphatic carbocycles. The molecule has 0 aromatic heterocycles. The van der Waals surface area contributed by atoms with Gasteiger partial charge in [-0.15, -0.1) is 0 Å². The van der Waals surface area contributed by atoms with Gasteiger partial charge in [-0.25, -0.2) is 4.79 Å². The molecule has 1 saturated heterocycles. The number of aliphatic hydroxyl groups is 1. The van der Waals surface area contributed by atoms with Gasteiger partial charge in [-0.1, -0.05) is 0 Å². The first kappa shape index (κ1) is 9.63. The number of ether oxygens (including phenoxy) is 1. The average molecular weight is 193 g/mol. The molecule has 0 bridgehead atoms. The molecule has 70 valence electrons. The fourth-order valence-corrected chi connectivity index (χ4v) is 1.56. The predicted octanol–water partition coefficient (Wildman–Crippen LogP) is -0.339. The number of carbonyl (C=O) groups is 1. The number of rotatable bonds is 2. The highest BCUT2D eigenvalue weighted by Gasteiger charge is 2.40. The lowest BCUT2D eigenvalue weighted by molar-refractivity contribution is -0.0577. The summed E-state index contributed by atoms with van der Waals surface area (Å²) in [5.74, 6) is 0. The lowest BCUT2D eigenvalue weighted by Crippen LogP contribution is -2.50. The van der Waals surface area contributed by atoms with Crippen LogP contribution in [0.25, 0.3) is 0 Å². The number of thiol groups is 1. The molecular formula is C6H11NO4S. The van der Waals surface area contributed by atoms with Crippen LogP contribution in [-0.4, -0.2) is 40.5 Å². The molecule has 1 heterocycles. The van der Waals surface area contributed by atoms with Gasteiger partial charge in [0.1, 0.15) is 0 Å². The molecule has 0 aromatic carbocycles. The Kier molecular flexibility index (Phi) is 2.81. The van der Waals surface area contributed by atoms with Crippen LogP contribution in [0.1, 0.15) is 6.42 Å². The van der Waals surface area contributed by atoms with Gasteiger partial charge in [0.15, 0.2) is 5.72 Å². The zero-order chi connectivity index (χ0) is 9.19. The van der Waals surface area contributed by atoms with Crippen molar-refractivity contribution in [2.75, 3.05) is 13.2 Å². The summed E-state index contributed by atoms with van der Waals surface area (Å²) in [5.41, 5.74) is -1.14. The molecule has 1 amide bonds. The molecule has 1 fully saturated rings. The number of aliphatic hydroxyl groups excluding tert-OH is 1. The molecule has 6 heteroatoms. The lowest BCUT2D eigenvalue weighted by Gasteiger charge is -2.25. The molecule has 12 heavy (non-hydrogen) atoms. The van der Waals surface area contributed by atoms with E-state index in [1.54, 1.807) is 0 Å². The van der Waals surface area contributed by atoms with E-state index >= 15 is 0 Å². The molecule has 0 radical (unpaired) electrons. The van der Waals surface area contributed by atoms with Crippen molar-refractivity contribution >= 4 is 18.7 Å².